The third-order valence-electron chi connectivity index (χ3n) is 3.61. The normalized spacial score (nSPS) is 10.3. The fourth-order valence-electron chi connectivity index (χ4n) is 2.26. The predicted molar refractivity (Wildman–Crippen MR) is 81.4 cm³/mol. The van der Waals surface area contributed by atoms with Crippen LogP contribution >= 0.6 is 0 Å². The fraction of sp³-hybridized carbons (Fsp3) is 0.235. The average molecular weight is 269 g/mol. The van der Waals surface area contributed by atoms with Gasteiger partial charge in [0.1, 0.15) is 0 Å². The second kappa shape index (κ2) is 5.78. The van der Waals surface area contributed by atoms with E-state index in [2.05, 4.69) is 36.9 Å². The molecule has 0 bridgehead atoms. The topological polar surface area (TPSA) is 40.5 Å². The molecule has 3 nitrogen and oxygen atoms in total. The van der Waals surface area contributed by atoms with Crippen molar-refractivity contribution in [1.29, 1.82) is 0 Å². The van der Waals surface area contributed by atoms with Gasteiger partial charge >= 0.3 is 5.97 Å². The van der Waals surface area contributed by atoms with Crippen LogP contribution in [-0.4, -0.2) is 18.1 Å². The van der Waals surface area contributed by atoms with E-state index < -0.39 is 5.97 Å². The van der Waals surface area contributed by atoms with E-state index in [1.807, 2.05) is 19.2 Å². The van der Waals surface area contributed by atoms with Crippen molar-refractivity contribution in [3.63, 3.8) is 0 Å². The van der Waals surface area contributed by atoms with E-state index in [1.54, 1.807) is 12.1 Å². The van der Waals surface area contributed by atoms with Gasteiger partial charge in [0.25, 0.3) is 0 Å². The van der Waals surface area contributed by atoms with Crippen molar-refractivity contribution in [3.05, 3.63) is 64.7 Å². The molecule has 104 valence electrons. The molecule has 0 saturated heterocycles. The van der Waals surface area contributed by atoms with Crippen molar-refractivity contribution >= 4 is 11.7 Å². The van der Waals surface area contributed by atoms with Crippen molar-refractivity contribution in [2.24, 2.45) is 0 Å². The van der Waals surface area contributed by atoms with Crippen LogP contribution in [0, 0.1) is 13.8 Å². The average Bonchev–Trinajstić information content (AvgIpc) is 2.42. The lowest BCUT2D eigenvalue weighted by Gasteiger charge is -2.22. The first-order chi connectivity index (χ1) is 9.49. The first kappa shape index (κ1) is 14.1. The van der Waals surface area contributed by atoms with Crippen LogP contribution in [0.2, 0.25) is 0 Å². The van der Waals surface area contributed by atoms with Crippen molar-refractivity contribution in [3.8, 4) is 0 Å². The summed E-state index contributed by atoms with van der Waals surface area (Å²) in [5, 5.41) is 8.89. The number of anilines is 1. The van der Waals surface area contributed by atoms with Gasteiger partial charge in [0.2, 0.25) is 0 Å². The highest BCUT2D eigenvalue weighted by Crippen LogP contribution is 2.23. The summed E-state index contributed by atoms with van der Waals surface area (Å²) >= 11 is 0. The maximum atomic E-state index is 10.8. The predicted octanol–water partition coefficient (Wildman–Crippen LogP) is 3.64. The molecule has 0 aliphatic carbocycles. The van der Waals surface area contributed by atoms with Crippen LogP contribution in [0.25, 0.3) is 0 Å². The van der Waals surface area contributed by atoms with Crippen LogP contribution in [-0.2, 0) is 6.54 Å². The Morgan fingerprint density at radius 1 is 1.10 bits per heavy atom. The molecule has 0 fully saturated rings. The third kappa shape index (κ3) is 2.99. The molecule has 1 N–H and O–H groups in total. The summed E-state index contributed by atoms with van der Waals surface area (Å²) in [5.41, 5.74) is 5.17. The fourth-order valence-corrected chi connectivity index (χ4v) is 2.26. The van der Waals surface area contributed by atoms with E-state index in [-0.39, 0.29) is 0 Å². The second-order valence-corrected chi connectivity index (χ2v) is 5.08. The van der Waals surface area contributed by atoms with Gasteiger partial charge in [-0.05, 0) is 48.7 Å². The first-order valence-corrected chi connectivity index (χ1v) is 6.58. The number of nitrogens with zero attached hydrogens (tertiary/aromatic N) is 1. The molecule has 0 amide bonds. The second-order valence-electron chi connectivity index (χ2n) is 5.08. The van der Waals surface area contributed by atoms with Gasteiger partial charge in [-0.2, -0.15) is 0 Å². The number of aryl methyl sites for hydroxylation is 1. The molecule has 20 heavy (non-hydrogen) atoms. The van der Waals surface area contributed by atoms with Gasteiger partial charge in [-0.3, -0.25) is 0 Å². The summed E-state index contributed by atoms with van der Waals surface area (Å²) in [6.07, 6.45) is 0. The number of rotatable bonds is 4. The summed E-state index contributed by atoms with van der Waals surface area (Å²) in [7, 11) is 2.05. The van der Waals surface area contributed by atoms with E-state index in [1.165, 1.54) is 16.8 Å². The van der Waals surface area contributed by atoms with Crippen molar-refractivity contribution < 1.29 is 9.90 Å². The highest BCUT2D eigenvalue weighted by molar-refractivity contribution is 5.87. The monoisotopic (exact) mass is 269 g/mol. The standard InChI is InChI=1S/C17H19NO2/c1-12-5-4-6-16(13(12)2)18(3)11-14-7-9-15(10-8-14)17(19)20/h4-10H,11H2,1-3H3,(H,19,20). The van der Waals surface area contributed by atoms with Gasteiger partial charge in [-0.25, -0.2) is 4.79 Å². The largest absolute Gasteiger partial charge is 0.478 e. The van der Waals surface area contributed by atoms with E-state index in [0.717, 1.165) is 12.1 Å². The summed E-state index contributed by atoms with van der Waals surface area (Å²) in [6, 6.07) is 13.3. The third-order valence-corrected chi connectivity index (χ3v) is 3.61. The molecule has 2 aromatic carbocycles. The molecule has 3 heteroatoms. The SMILES string of the molecule is Cc1cccc(N(C)Cc2ccc(C(=O)O)cc2)c1C. The first-order valence-electron chi connectivity index (χ1n) is 6.58. The van der Waals surface area contributed by atoms with Crippen molar-refractivity contribution in [1.82, 2.24) is 0 Å². The lowest BCUT2D eigenvalue weighted by molar-refractivity contribution is 0.0697. The molecule has 0 aliphatic rings. The Hall–Kier alpha value is -2.29. The Bertz CT molecular complexity index is 617. The Labute approximate surface area is 119 Å². The molecule has 0 saturated carbocycles. The van der Waals surface area contributed by atoms with Crippen LogP contribution in [0.1, 0.15) is 27.0 Å². The highest BCUT2D eigenvalue weighted by Gasteiger charge is 2.07. The van der Waals surface area contributed by atoms with Gasteiger partial charge in [0, 0.05) is 19.3 Å². The zero-order valence-electron chi connectivity index (χ0n) is 12.1. The Balaban J connectivity index is 2.17. The van der Waals surface area contributed by atoms with Gasteiger partial charge in [-0.15, -0.1) is 0 Å². The maximum absolute atomic E-state index is 10.8. The minimum absolute atomic E-state index is 0.322. The number of carboxylic acid groups (broad SMARTS) is 1. The van der Waals surface area contributed by atoms with Crippen LogP contribution in [0.5, 0.6) is 0 Å². The molecule has 0 heterocycles. The van der Waals surface area contributed by atoms with Gasteiger partial charge < -0.3 is 10.0 Å². The van der Waals surface area contributed by atoms with Gasteiger partial charge in [0.15, 0.2) is 0 Å². The smallest absolute Gasteiger partial charge is 0.335 e. The molecule has 0 aromatic heterocycles. The molecule has 0 spiro atoms. The number of carboxylic acids is 1. The maximum Gasteiger partial charge on any atom is 0.335 e. The minimum Gasteiger partial charge on any atom is -0.478 e. The number of carbonyl (C=O) groups is 1. The van der Waals surface area contributed by atoms with Crippen LogP contribution in [0.3, 0.4) is 0 Å². The number of hydrogen-bond donors (Lipinski definition) is 1. The van der Waals surface area contributed by atoms with Crippen LogP contribution in [0.4, 0.5) is 5.69 Å². The molecule has 0 unspecified atom stereocenters. The lowest BCUT2D eigenvalue weighted by Crippen LogP contribution is -2.17. The Morgan fingerprint density at radius 3 is 2.35 bits per heavy atom. The zero-order valence-corrected chi connectivity index (χ0v) is 12.1. The molecular weight excluding hydrogens is 250 g/mol. The summed E-state index contributed by atoms with van der Waals surface area (Å²) in [4.78, 5) is 13.0. The van der Waals surface area contributed by atoms with E-state index in [4.69, 9.17) is 5.11 Å². The Morgan fingerprint density at radius 2 is 1.75 bits per heavy atom. The molecule has 2 rings (SSSR count). The molecule has 2 aromatic rings. The zero-order chi connectivity index (χ0) is 14.7. The molecule has 0 aliphatic heterocycles. The molecular formula is C17H19NO2. The van der Waals surface area contributed by atoms with Crippen LogP contribution in [0.15, 0.2) is 42.5 Å². The van der Waals surface area contributed by atoms with E-state index >= 15 is 0 Å². The minimum atomic E-state index is -0.889. The summed E-state index contributed by atoms with van der Waals surface area (Å²) < 4.78 is 0. The number of aromatic carboxylic acids is 1. The highest BCUT2D eigenvalue weighted by atomic mass is 16.4. The van der Waals surface area contributed by atoms with Gasteiger partial charge in [0.05, 0.1) is 5.56 Å². The number of benzene rings is 2. The van der Waals surface area contributed by atoms with Gasteiger partial charge in [-0.1, -0.05) is 24.3 Å². The quantitative estimate of drug-likeness (QED) is 0.921. The lowest BCUT2D eigenvalue weighted by atomic mass is 10.1. The summed E-state index contributed by atoms with van der Waals surface area (Å²) in [5.74, 6) is -0.889. The van der Waals surface area contributed by atoms with Crippen LogP contribution < -0.4 is 4.90 Å². The van der Waals surface area contributed by atoms with Crippen molar-refractivity contribution in [2.75, 3.05) is 11.9 Å². The van der Waals surface area contributed by atoms with Crippen molar-refractivity contribution in [2.45, 2.75) is 20.4 Å². The molecule has 0 atom stereocenters. The van der Waals surface area contributed by atoms with E-state index in [9.17, 15) is 4.79 Å². The number of hydrogen-bond acceptors (Lipinski definition) is 2. The van der Waals surface area contributed by atoms with E-state index in [0.29, 0.717) is 5.56 Å². The summed E-state index contributed by atoms with van der Waals surface area (Å²) in [6.45, 7) is 4.98. The molecule has 0 radical (unpaired) electrons. The Kier molecular flexibility index (Phi) is 4.08.